The maximum atomic E-state index is 5.26. The second-order valence-electron chi connectivity index (χ2n) is 3.84. The zero-order valence-corrected chi connectivity index (χ0v) is 9.91. The van der Waals surface area contributed by atoms with Crippen LogP contribution in [0.1, 0.15) is 13.3 Å². The minimum Gasteiger partial charge on any atom is -0.493 e. The number of para-hydroxylation sites is 1. The van der Waals surface area contributed by atoms with Gasteiger partial charge in [-0.1, -0.05) is 12.1 Å². The van der Waals surface area contributed by atoms with Crippen LogP contribution in [0, 0.1) is 0 Å². The first-order valence-electron chi connectivity index (χ1n) is 5.46. The van der Waals surface area contributed by atoms with E-state index in [1.807, 2.05) is 31.2 Å². The molecule has 82 valence electrons. The molecule has 0 N–H and O–H groups in total. The maximum Gasteiger partial charge on any atom is 0.132 e. The van der Waals surface area contributed by atoms with Gasteiger partial charge in [0.2, 0.25) is 0 Å². The van der Waals surface area contributed by atoms with E-state index in [4.69, 9.17) is 4.74 Å². The van der Waals surface area contributed by atoms with Crippen molar-refractivity contribution < 1.29 is 4.74 Å². The maximum absolute atomic E-state index is 5.26. The standard InChI is InChI=1S/C8H10OS.C4H7N/c1-2-9-7-5-3-4-6-8(7)10;1-2-5-3-4(1)5/h3-6,10H,2H2,1H3;4H,1-3H2. The molecule has 0 saturated carbocycles. The lowest BCUT2D eigenvalue weighted by atomic mass is 10.3. The summed E-state index contributed by atoms with van der Waals surface area (Å²) >= 11 is 4.21. The van der Waals surface area contributed by atoms with Gasteiger partial charge in [0.25, 0.3) is 0 Å². The van der Waals surface area contributed by atoms with Crippen LogP contribution < -0.4 is 4.74 Å². The molecule has 2 unspecified atom stereocenters. The third-order valence-electron chi connectivity index (χ3n) is 2.74. The van der Waals surface area contributed by atoms with E-state index in [2.05, 4.69) is 17.5 Å². The van der Waals surface area contributed by atoms with E-state index < -0.39 is 0 Å². The third-order valence-corrected chi connectivity index (χ3v) is 3.11. The number of hydrogen-bond acceptors (Lipinski definition) is 3. The van der Waals surface area contributed by atoms with E-state index >= 15 is 0 Å². The Labute approximate surface area is 96.6 Å². The summed E-state index contributed by atoms with van der Waals surface area (Å²) in [5, 5.41) is 0. The van der Waals surface area contributed by atoms with Gasteiger partial charge in [-0.2, -0.15) is 0 Å². The molecule has 2 fully saturated rings. The van der Waals surface area contributed by atoms with Gasteiger partial charge < -0.3 is 4.74 Å². The molecular formula is C12H17NOS. The molecule has 0 radical (unpaired) electrons. The van der Waals surface area contributed by atoms with Crippen molar-refractivity contribution >= 4 is 12.6 Å². The Morgan fingerprint density at radius 3 is 2.60 bits per heavy atom. The van der Waals surface area contributed by atoms with Crippen LogP contribution in [-0.4, -0.2) is 30.6 Å². The number of benzene rings is 1. The van der Waals surface area contributed by atoms with Crippen molar-refractivity contribution in [3.8, 4) is 5.75 Å². The molecule has 0 spiro atoms. The van der Waals surface area contributed by atoms with E-state index in [1.54, 1.807) is 0 Å². The highest BCUT2D eigenvalue weighted by molar-refractivity contribution is 7.80. The van der Waals surface area contributed by atoms with Crippen LogP contribution in [0.25, 0.3) is 0 Å². The van der Waals surface area contributed by atoms with Gasteiger partial charge in [-0.15, -0.1) is 12.6 Å². The fraction of sp³-hybridized carbons (Fsp3) is 0.500. The Balaban J connectivity index is 0.000000139. The van der Waals surface area contributed by atoms with Gasteiger partial charge in [0.15, 0.2) is 0 Å². The average Bonchev–Trinajstić information content (AvgIpc) is 2.79. The number of fused-ring (bicyclic) bond motifs is 1. The molecule has 0 bridgehead atoms. The Hall–Kier alpha value is -0.670. The summed E-state index contributed by atoms with van der Waals surface area (Å²) in [6.45, 7) is 5.46. The molecule has 2 aliphatic heterocycles. The molecule has 3 heteroatoms. The number of ether oxygens (including phenoxy) is 1. The van der Waals surface area contributed by atoms with E-state index in [1.165, 1.54) is 19.5 Å². The molecule has 1 aromatic carbocycles. The second-order valence-corrected chi connectivity index (χ2v) is 4.32. The highest BCUT2D eigenvalue weighted by atomic mass is 32.1. The Morgan fingerprint density at radius 1 is 1.47 bits per heavy atom. The van der Waals surface area contributed by atoms with Crippen molar-refractivity contribution in [3.63, 3.8) is 0 Å². The summed E-state index contributed by atoms with van der Waals surface area (Å²) in [6.07, 6.45) is 1.49. The molecule has 0 aromatic heterocycles. The zero-order valence-electron chi connectivity index (χ0n) is 9.02. The van der Waals surface area contributed by atoms with Crippen LogP contribution in [0.15, 0.2) is 29.2 Å². The number of rotatable bonds is 2. The molecule has 0 amide bonds. The smallest absolute Gasteiger partial charge is 0.132 e. The first-order chi connectivity index (χ1) is 7.31. The van der Waals surface area contributed by atoms with Crippen molar-refractivity contribution in [1.29, 1.82) is 0 Å². The van der Waals surface area contributed by atoms with Crippen molar-refractivity contribution in [3.05, 3.63) is 24.3 Å². The minimum absolute atomic E-state index is 0.692. The lowest BCUT2D eigenvalue weighted by Crippen LogP contribution is -2.16. The normalized spacial score (nSPS) is 25.5. The van der Waals surface area contributed by atoms with Gasteiger partial charge in [0.05, 0.1) is 6.61 Å². The minimum atomic E-state index is 0.692. The van der Waals surface area contributed by atoms with Gasteiger partial charge >= 0.3 is 0 Å². The topological polar surface area (TPSA) is 12.2 Å². The SMILES string of the molecule is C1CN2CC12.CCOc1ccccc1S. The molecule has 2 saturated heterocycles. The lowest BCUT2D eigenvalue weighted by molar-refractivity contribution is 0.332. The van der Waals surface area contributed by atoms with Crippen molar-refractivity contribution in [1.82, 2.24) is 4.90 Å². The molecule has 15 heavy (non-hydrogen) atoms. The van der Waals surface area contributed by atoms with E-state index in [0.717, 1.165) is 16.7 Å². The Bertz CT molecular complexity index is 317. The molecule has 2 aliphatic rings. The summed E-state index contributed by atoms with van der Waals surface area (Å²) < 4.78 is 5.26. The molecule has 0 aliphatic carbocycles. The van der Waals surface area contributed by atoms with Crippen LogP contribution in [0.3, 0.4) is 0 Å². The summed E-state index contributed by atoms with van der Waals surface area (Å²) in [5.74, 6) is 0.855. The number of nitrogens with zero attached hydrogens (tertiary/aromatic N) is 1. The number of hydrogen-bond donors (Lipinski definition) is 1. The average molecular weight is 223 g/mol. The van der Waals surface area contributed by atoms with Gasteiger partial charge in [0, 0.05) is 24.0 Å². The largest absolute Gasteiger partial charge is 0.493 e. The predicted molar refractivity (Wildman–Crippen MR) is 64.8 cm³/mol. The van der Waals surface area contributed by atoms with Gasteiger partial charge in [-0.3, -0.25) is 4.90 Å². The highest BCUT2D eigenvalue weighted by Gasteiger charge is 2.41. The summed E-state index contributed by atoms with van der Waals surface area (Å²) in [5.41, 5.74) is 0. The Morgan fingerprint density at radius 2 is 2.20 bits per heavy atom. The van der Waals surface area contributed by atoms with Crippen molar-refractivity contribution in [2.24, 2.45) is 0 Å². The number of thiol groups is 1. The summed E-state index contributed by atoms with van der Waals surface area (Å²) in [7, 11) is 0. The van der Waals surface area contributed by atoms with Gasteiger partial charge in [-0.25, -0.2) is 0 Å². The van der Waals surface area contributed by atoms with Crippen molar-refractivity contribution in [2.45, 2.75) is 24.3 Å². The highest BCUT2D eigenvalue weighted by Crippen LogP contribution is 2.30. The van der Waals surface area contributed by atoms with Crippen LogP contribution in [0.5, 0.6) is 5.75 Å². The quantitative estimate of drug-likeness (QED) is 0.610. The Kier molecular flexibility index (Phi) is 3.54. The fourth-order valence-corrected chi connectivity index (χ4v) is 1.86. The van der Waals surface area contributed by atoms with Crippen LogP contribution in [-0.2, 0) is 0 Å². The van der Waals surface area contributed by atoms with Gasteiger partial charge in [0.1, 0.15) is 5.75 Å². The van der Waals surface area contributed by atoms with Crippen LogP contribution >= 0.6 is 12.6 Å². The molecule has 2 atom stereocenters. The van der Waals surface area contributed by atoms with Gasteiger partial charge in [-0.05, 0) is 25.5 Å². The molecule has 2 nitrogen and oxygen atoms in total. The third kappa shape index (κ3) is 2.89. The molecular weight excluding hydrogens is 206 g/mol. The van der Waals surface area contributed by atoms with E-state index in [-0.39, 0.29) is 0 Å². The van der Waals surface area contributed by atoms with Crippen molar-refractivity contribution in [2.75, 3.05) is 19.7 Å². The zero-order chi connectivity index (χ0) is 10.7. The van der Waals surface area contributed by atoms with Crippen LogP contribution in [0.4, 0.5) is 0 Å². The molecule has 2 heterocycles. The fourth-order valence-electron chi connectivity index (χ4n) is 1.64. The molecule has 1 aromatic rings. The summed E-state index contributed by atoms with van der Waals surface area (Å²) in [4.78, 5) is 3.37. The van der Waals surface area contributed by atoms with Crippen LogP contribution in [0.2, 0.25) is 0 Å². The van der Waals surface area contributed by atoms with E-state index in [9.17, 15) is 0 Å². The lowest BCUT2D eigenvalue weighted by Gasteiger charge is -2.08. The molecule has 3 rings (SSSR count). The summed E-state index contributed by atoms with van der Waals surface area (Å²) in [6, 6.07) is 8.75. The first kappa shape index (κ1) is 10.8. The van der Waals surface area contributed by atoms with E-state index in [0.29, 0.717) is 6.61 Å². The first-order valence-corrected chi connectivity index (χ1v) is 5.91. The second kappa shape index (κ2) is 4.90. The monoisotopic (exact) mass is 223 g/mol. The predicted octanol–water partition coefficient (Wildman–Crippen LogP) is 2.45.